The van der Waals surface area contributed by atoms with Crippen LogP contribution in [0.3, 0.4) is 0 Å². The van der Waals surface area contributed by atoms with Crippen LogP contribution >= 0.6 is 0 Å². The van der Waals surface area contributed by atoms with Gasteiger partial charge in [0.25, 0.3) is 0 Å². The zero-order chi connectivity index (χ0) is 13.8. The summed E-state index contributed by atoms with van der Waals surface area (Å²) in [7, 11) is 0. The first-order valence-electron chi connectivity index (χ1n) is 6.56. The van der Waals surface area contributed by atoms with Gasteiger partial charge in [-0.1, -0.05) is 0 Å². The third kappa shape index (κ3) is 3.74. The van der Waals surface area contributed by atoms with Gasteiger partial charge in [-0.15, -0.1) is 0 Å². The van der Waals surface area contributed by atoms with E-state index in [4.69, 9.17) is 10.5 Å². The molecule has 1 amide bonds. The Morgan fingerprint density at radius 2 is 2.32 bits per heavy atom. The molecule has 1 saturated carbocycles. The number of nitrogens with one attached hydrogen (secondary N) is 2. The lowest BCUT2D eigenvalue weighted by Crippen LogP contribution is -2.38. The van der Waals surface area contributed by atoms with Crippen molar-refractivity contribution in [3.05, 3.63) is 12.1 Å². The third-order valence-electron chi connectivity index (χ3n) is 2.85. The molecule has 1 aliphatic carbocycles. The van der Waals surface area contributed by atoms with Crippen molar-refractivity contribution in [3.8, 4) is 5.88 Å². The summed E-state index contributed by atoms with van der Waals surface area (Å²) in [6.07, 6.45) is 2.15. The maximum absolute atomic E-state index is 11.8. The van der Waals surface area contributed by atoms with Gasteiger partial charge in [0.1, 0.15) is 11.9 Å². The number of hydrogen-bond donors (Lipinski definition) is 3. The van der Waals surface area contributed by atoms with Crippen LogP contribution in [0.1, 0.15) is 26.7 Å². The fourth-order valence-electron chi connectivity index (χ4n) is 1.63. The first-order chi connectivity index (χ1) is 9.10. The lowest BCUT2D eigenvalue weighted by molar-refractivity contribution is -0.121. The van der Waals surface area contributed by atoms with Crippen molar-refractivity contribution >= 4 is 17.4 Å². The van der Waals surface area contributed by atoms with E-state index in [2.05, 4.69) is 15.6 Å². The Bertz CT molecular complexity index is 460. The van der Waals surface area contributed by atoms with E-state index < -0.39 is 0 Å². The Balaban J connectivity index is 1.97. The van der Waals surface area contributed by atoms with E-state index in [-0.39, 0.29) is 11.9 Å². The molecule has 1 heterocycles. The normalized spacial score (nSPS) is 15.7. The maximum Gasteiger partial charge on any atom is 0.242 e. The lowest BCUT2D eigenvalue weighted by Gasteiger charge is -2.15. The number of nitrogens with zero attached hydrogens (tertiary/aromatic N) is 1. The minimum atomic E-state index is -0.341. The van der Waals surface area contributed by atoms with Crippen molar-refractivity contribution in [3.63, 3.8) is 0 Å². The van der Waals surface area contributed by atoms with Gasteiger partial charge in [0, 0.05) is 6.04 Å². The second kappa shape index (κ2) is 5.77. The lowest BCUT2D eigenvalue weighted by atomic mass is 10.3. The molecule has 1 aromatic rings. The molecular weight excluding hydrogens is 244 g/mol. The zero-order valence-corrected chi connectivity index (χ0v) is 11.3. The highest BCUT2D eigenvalue weighted by atomic mass is 16.5. The molecule has 1 unspecified atom stereocenters. The van der Waals surface area contributed by atoms with Crippen LogP contribution in [0.15, 0.2) is 12.1 Å². The molecular formula is C13H20N4O2. The van der Waals surface area contributed by atoms with E-state index in [1.165, 1.54) is 0 Å². The molecule has 6 nitrogen and oxygen atoms in total. The predicted molar refractivity (Wildman–Crippen MR) is 74.1 cm³/mol. The first-order valence-corrected chi connectivity index (χ1v) is 6.56. The SMILES string of the molecule is CCOc1nc(NC(C)C(=O)NC2CC2)ccc1N. The summed E-state index contributed by atoms with van der Waals surface area (Å²) in [5, 5.41) is 5.98. The Kier molecular flexibility index (Phi) is 4.09. The van der Waals surface area contributed by atoms with Crippen LogP contribution < -0.4 is 21.1 Å². The van der Waals surface area contributed by atoms with Crippen LogP contribution in [0.2, 0.25) is 0 Å². The zero-order valence-electron chi connectivity index (χ0n) is 11.3. The topological polar surface area (TPSA) is 89.3 Å². The molecule has 2 rings (SSSR count). The molecule has 0 aromatic carbocycles. The third-order valence-corrected chi connectivity index (χ3v) is 2.85. The molecule has 0 saturated heterocycles. The van der Waals surface area contributed by atoms with Gasteiger partial charge in [-0.05, 0) is 38.8 Å². The van der Waals surface area contributed by atoms with Crippen molar-refractivity contribution in [1.82, 2.24) is 10.3 Å². The molecule has 4 N–H and O–H groups in total. The van der Waals surface area contributed by atoms with E-state index in [0.29, 0.717) is 30.0 Å². The Labute approximate surface area is 112 Å². The van der Waals surface area contributed by atoms with Crippen LogP contribution in [0.5, 0.6) is 5.88 Å². The number of rotatable bonds is 6. The highest BCUT2D eigenvalue weighted by Crippen LogP contribution is 2.22. The van der Waals surface area contributed by atoms with Gasteiger partial charge in [-0.25, -0.2) is 0 Å². The summed E-state index contributed by atoms with van der Waals surface area (Å²) in [6, 6.07) is 3.46. The Morgan fingerprint density at radius 3 is 2.95 bits per heavy atom. The van der Waals surface area contributed by atoms with Gasteiger partial charge in [0.05, 0.1) is 12.3 Å². The van der Waals surface area contributed by atoms with Gasteiger partial charge in [-0.2, -0.15) is 4.98 Å². The number of ether oxygens (including phenoxy) is 1. The number of anilines is 2. The summed E-state index contributed by atoms with van der Waals surface area (Å²) >= 11 is 0. The van der Waals surface area contributed by atoms with E-state index in [9.17, 15) is 4.79 Å². The summed E-state index contributed by atoms with van der Waals surface area (Å²) in [5.74, 6) is 0.956. The summed E-state index contributed by atoms with van der Waals surface area (Å²) in [6.45, 7) is 4.17. The highest BCUT2D eigenvalue weighted by Gasteiger charge is 2.25. The monoisotopic (exact) mass is 264 g/mol. The number of nitrogens with two attached hydrogens (primary N) is 1. The average molecular weight is 264 g/mol. The minimum Gasteiger partial charge on any atom is -0.476 e. The number of carbonyl (C=O) groups is 1. The predicted octanol–water partition coefficient (Wildman–Crippen LogP) is 1.14. The van der Waals surface area contributed by atoms with Gasteiger partial charge in [0.2, 0.25) is 11.8 Å². The van der Waals surface area contributed by atoms with E-state index in [1.807, 2.05) is 6.92 Å². The number of pyridine rings is 1. The molecule has 0 bridgehead atoms. The fourth-order valence-corrected chi connectivity index (χ4v) is 1.63. The second-order valence-corrected chi connectivity index (χ2v) is 4.67. The van der Waals surface area contributed by atoms with Crippen molar-refractivity contribution < 1.29 is 9.53 Å². The molecule has 6 heteroatoms. The van der Waals surface area contributed by atoms with Gasteiger partial charge >= 0.3 is 0 Å². The number of amides is 1. The van der Waals surface area contributed by atoms with E-state index in [0.717, 1.165) is 12.8 Å². The van der Waals surface area contributed by atoms with Crippen LogP contribution in [-0.4, -0.2) is 29.6 Å². The summed E-state index contributed by atoms with van der Waals surface area (Å²) < 4.78 is 5.32. The molecule has 19 heavy (non-hydrogen) atoms. The number of hydrogen-bond acceptors (Lipinski definition) is 5. The van der Waals surface area contributed by atoms with Crippen LogP contribution in [0, 0.1) is 0 Å². The maximum atomic E-state index is 11.8. The van der Waals surface area contributed by atoms with Crippen molar-refractivity contribution in [2.24, 2.45) is 0 Å². The van der Waals surface area contributed by atoms with Crippen LogP contribution in [0.25, 0.3) is 0 Å². The molecule has 104 valence electrons. The Hall–Kier alpha value is -1.98. The standard InChI is InChI=1S/C13H20N4O2/c1-3-19-13-10(14)6-7-11(17-13)15-8(2)12(18)16-9-4-5-9/h6-9H,3-5,14H2,1-2H3,(H,15,17)(H,16,18). The largest absolute Gasteiger partial charge is 0.476 e. The smallest absolute Gasteiger partial charge is 0.242 e. The molecule has 0 spiro atoms. The molecule has 1 aromatic heterocycles. The summed E-state index contributed by atoms with van der Waals surface area (Å²) in [5.41, 5.74) is 6.23. The molecule has 1 atom stereocenters. The number of carbonyl (C=O) groups excluding carboxylic acids is 1. The van der Waals surface area contributed by atoms with Gasteiger partial charge in [0.15, 0.2) is 0 Å². The van der Waals surface area contributed by atoms with E-state index >= 15 is 0 Å². The number of nitrogen functional groups attached to an aromatic ring is 1. The molecule has 1 fully saturated rings. The summed E-state index contributed by atoms with van der Waals surface area (Å²) in [4.78, 5) is 16.1. The van der Waals surface area contributed by atoms with Crippen molar-refractivity contribution in [1.29, 1.82) is 0 Å². The van der Waals surface area contributed by atoms with Crippen molar-refractivity contribution in [2.45, 2.75) is 38.8 Å². The Morgan fingerprint density at radius 1 is 1.58 bits per heavy atom. The van der Waals surface area contributed by atoms with Crippen molar-refractivity contribution in [2.75, 3.05) is 17.7 Å². The van der Waals surface area contributed by atoms with Crippen LogP contribution in [0.4, 0.5) is 11.5 Å². The quantitative estimate of drug-likeness (QED) is 0.717. The number of aromatic nitrogens is 1. The molecule has 0 aliphatic heterocycles. The van der Waals surface area contributed by atoms with Gasteiger partial charge < -0.3 is 21.1 Å². The molecule has 0 radical (unpaired) electrons. The molecule has 1 aliphatic rings. The highest BCUT2D eigenvalue weighted by molar-refractivity contribution is 5.84. The average Bonchev–Trinajstić information content (AvgIpc) is 3.17. The van der Waals surface area contributed by atoms with Crippen LogP contribution in [-0.2, 0) is 4.79 Å². The van der Waals surface area contributed by atoms with Gasteiger partial charge in [-0.3, -0.25) is 4.79 Å². The first kappa shape index (κ1) is 13.5. The fraction of sp³-hybridized carbons (Fsp3) is 0.538. The minimum absolute atomic E-state index is 0.0147. The second-order valence-electron chi connectivity index (χ2n) is 4.67. The van der Waals surface area contributed by atoms with E-state index in [1.54, 1.807) is 19.1 Å².